The summed E-state index contributed by atoms with van der Waals surface area (Å²) in [5, 5.41) is 13.2. The second kappa shape index (κ2) is 11.9. The van der Waals surface area contributed by atoms with E-state index in [2.05, 4.69) is 6.07 Å². The van der Waals surface area contributed by atoms with Crippen molar-refractivity contribution in [1.82, 2.24) is 4.90 Å². The SMILES string of the molecule is COCCCC[C@@](O)(c1ccccc1-c1cccc(Cl)c1)[C@@H]1CCCN(C(=O)[C@@H]2CC[C@H](N)C2)C1. The first-order chi connectivity index (χ1) is 16.9. The Morgan fingerprint density at radius 3 is 2.74 bits per heavy atom. The minimum atomic E-state index is -1.06. The summed E-state index contributed by atoms with van der Waals surface area (Å²) in [6.07, 6.45) is 6.70. The van der Waals surface area contributed by atoms with Gasteiger partial charge < -0.3 is 20.5 Å². The molecule has 1 amide bonds. The van der Waals surface area contributed by atoms with Crippen LogP contribution in [0.2, 0.25) is 5.02 Å². The number of aliphatic hydroxyl groups is 1. The maximum Gasteiger partial charge on any atom is 0.225 e. The predicted molar refractivity (Wildman–Crippen MR) is 141 cm³/mol. The molecule has 0 spiro atoms. The van der Waals surface area contributed by atoms with E-state index in [0.717, 1.165) is 68.2 Å². The molecule has 1 saturated heterocycles. The first-order valence-corrected chi connectivity index (χ1v) is 13.4. The molecule has 1 aliphatic heterocycles. The minimum Gasteiger partial charge on any atom is -0.385 e. The van der Waals surface area contributed by atoms with Crippen LogP contribution >= 0.6 is 11.6 Å². The fourth-order valence-corrected chi connectivity index (χ4v) is 6.22. The third-order valence-electron chi connectivity index (χ3n) is 7.92. The van der Waals surface area contributed by atoms with Crippen LogP contribution in [0.4, 0.5) is 0 Å². The molecule has 1 aliphatic carbocycles. The van der Waals surface area contributed by atoms with Gasteiger partial charge in [0.05, 0.1) is 5.60 Å². The van der Waals surface area contributed by atoms with Gasteiger partial charge in [0.25, 0.3) is 0 Å². The molecule has 0 aromatic heterocycles. The Labute approximate surface area is 214 Å². The Hall–Kier alpha value is -1.92. The quantitative estimate of drug-likeness (QED) is 0.455. The van der Waals surface area contributed by atoms with Gasteiger partial charge in [-0.15, -0.1) is 0 Å². The van der Waals surface area contributed by atoms with E-state index in [1.807, 2.05) is 47.4 Å². The molecule has 0 bridgehead atoms. The van der Waals surface area contributed by atoms with Crippen molar-refractivity contribution >= 4 is 17.5 Å². The fourth-order valence-electron chi connectivity index (χ4n) is 6.03. The van der Waals surface area contributed by atoms with Crippen LogP contribution in [-0.2, 0) is 15.1 Å². The first-order valence-electron chi connectivity index (χ1n) is 13.0. The average molecular weight is 499 g/mol. The number of piperidine rings is 1. The van der Waals surface area contributed by atoms with Crippen molar-refractivity contribution in [3.63, 3.8) is 0 Å². The fraction of sp³-hybridized carbons (Fsp3) is 0.552. The third kappa shape index (κ3) is 6.08. The summed E-state index contributed by atoms with van der Waals surface area (Å²) in [6, 6.07) is 16.0. The van der Waals surface area contributed by atoms with Gasteiger partial charge in [0.15, 0.2) is 0 Å². The summed E-state index contributed by atoms with van der Waals surface area (Å²) in [5.41, 5.74) is 7.94. The molecule has 35 heavy (non-hydrogen) atoms. The van der Waals surface area contributed by atoms with Crippen molar-refractivity contribution in [3.05, 3.63) is 59.1 Å². The number of hydrogen-bond acceptors (Lipinski definition) is 4. The molecule has 0 unspecified atom stereocenters. The Balaban J connectivity index is 1.65. The monoisotopic (exact) mass is 498 g/mol. The van der Waals surface area contributed by atoms with Crippen molar-refractivity contribution in [2.75, 3.05) is 26.8 Å². The lowest BCUT2D eigenvalue weighted by atomic mass is 9.72. The maximum absolute atomic E-state index is 13.3. The largest absolute Gasteiger partial charge is 0.385 e. The maximum atomic E-state index is 13.3. The lowest BCUT2D eigenvalue weighted by molar-refractivity contribution is -0.140. The topological polar surface area (TPSA) is 75.8 Å². The number of nitrogens with zero attached hydrogens (tertiary/aromatic N) is 1. The summed E-state index contributed by atoms with van der Waals surface area (Å²) in [7, 11) is 1.71. The molecule has 1 heterocycles. The number of hydrogen-bond donors (Lipinski definition) is 2. The molecular formula is C29H39ClN2O3. The smallest absolute Gasteiger partial charge is 0.225 e. The summed E-state index contributed by atoms with van der Waals surface area (Å²) in [5.74, 6) is 0.197. The molecule has 6 heteroatoms. The lowest BCUT2D eigenvalue weighted by Crippen LogP contribution is -2.49. The summed E-state index contributed by atoms with van der Waals surface area (Å²) >= 11 is 6.33. The van der Waals surface area contributed by atoms with E-state index < -0.39 is 5.60 Å². The van der Waals surface area contributed by atoms with Crippen LogP contribution < -0.4 is 5.73 Å². The van der Waals surface area contributed by atoms with Crippen molar-refractivity contribution < 1.29 is 14.6 Å². The molecule has 1 saturated carbocycles. The van der Waals surface area contributed by atoms with Crippen LogP contribution in [0.5, 0.6) is 0 Å². The minimum absolute atomic E-state index is 0.0253. The van der Waals surface area contributed by atoms with Gasteiger partial charge in [0.1, 0.15) is 0 Å². The zero-order valence-corrected chi connectivity index (χ0v) is 21.6. The lowest BCUT2D eigenvalue weighted by Gasteiger charge is -2.44. The van der Waals surface area contributed by atoms with E-state index >= 15 is 0 Å². The number of benzene rings is 2. The van der Waals surface area contributed by atoms with Crippen LogP contribution in [0.3, 0.4) is 0 Å². The Morgan fingerprint density at radius 2 is 2.00 bits per heavy atom. The highest BCUT2D eigenvalue weighted by Gasteiger charge is 2.43. The molecule has 4 atom stereocenters. The van der Waals surface area contributed by atoms with Crippen molar-refractivity contribution in [2.45, 2.75) is 63.0 Å². The zero-order chi connectivity index (χ0) is 24.8. The second-order valence-corrected chi connectivity index (χ2v) is 10.8. The normalized spacial score (nSPS) is 24.3. The van der Waals surface area contributed by atoms with E-state index in [1.54, 1.807) is 7.11 Å². The second-order valence-electron chi connectivity index (χ2n) is 10.3. The molecule has 190 valence electrons. The number of unbranched alkanes of at least 4 members (excludes halogenated alkanes) is 1. The number of amides is 1. The highest BCUT2D eigenvalue weighted by molar-refractivity contribution is 6.30. The van der Waals surface area contributed by atoms with Gasteiger partial charge >= 0.3 is 0 Å². The number of methoxy groups -OCH3 is 1. The Bertz CT molecular complexity index is 999. The number of halogens is 1. The highest BCUT2D eigenvalue weighted by Crippen LogP contribution is 2.44. The molecule has 2 fully saturated rings. The van der Waals surface area contributed by atoms with E-state index in [-0.39, 0.29) is 23.8 Å². The van der Waals surface area contributed by atoms with Crippen LogP contribution in [0.25, 0.3) is 11.1 Å². The van der Waals surface area contributed by atoms with Crippen molar-refractivity contribution in [3.8, 4) is 11.1 Å². The standard InChI is InChI=1S/C29H39ClN2O3/c1-35-17-5-4-15-29(34,27-12-3-2-11-26(27)21-8-6-10-24(30)18-21)23-9-7-16-32(20-23)28(33)22-13-14-25(31)19-22/h2-3,6,8,10-12,18,22-23,25,34H,4-5,7,9,13-17,19-20,31H2,1H3/t22-,23-,25+,29+/m1/s1. The van der Waals surface area contributed by atoms with E-state index in [9.17, 15) is 9.90 Å². The highest BCUT2D eigenvalue weighted by atomic mass is 35.5. The third-order valence-corrected chi connectivity index (χ3v) is 8.15. The van der Waals surface area contributed by atoms with Gasteiger partial charge in [-0.3, -0.25) is 4.79 Å². The molecule has 4 rings (SSSR count). The predicted octanol–water partition coefficient (Wildman–Crippen LogP) is 5.38. The molecular weight excluding hydrogens is 460 g/mol. The molecule has 3 N–H and O–H groups in total. The zero-order valence-electron chi connectivity index (χ0n) is 20.8. The van der Waals surface area contributed by atoms with Crippen LogP contribution in [-0.4, -0.2) is 48.8 Å². The van der Waals surface area contributed by atoms with E-state index in [4.69, 9.17) is 22.1 Å². The molecule has 0 radical (unpaired) electrons. The van der Waals surface area contributed by atoms with Crippen molar-refractivity contribution in [1.29, 1.82) is 0 Å². The van der Waals surface area contributed by atoms with Gasteiger partial charge in [-0.25, -0.2) is 0 Å². The van der Waals surface area contributed by atoms with Gasteiger partial charge in [-0.2, -0.15) is 0 Å². The van der Waals surface area contributed by atoms with Gasteiger partial charge in [0.2, 0.25) is 5.91 Å². The molecule has 2 aromatic carbocycles. The van der Waals surface area contributed by atoms with E-state index in [1.165, 1.54) is 0 Å². The van der Waals surface area contributed by atoms with Crippen LogP contribution in [0, 0.1) is 11.8 Å². The number of ether oxygens (including phenoxy) is 1. The number of carbonyl (C=O) groups excluding carboxylic acids is 1. The van der Waals surface area contributed by atoms with Crippen LogP contribution in [0.1, 0.15) is 56.9 Å². The number of carbonyl (C=O) groups is 1. The first kappa shape index (κ1) is 26.2. The van der Waals surface area contributed by atoms with Crippen LogP contribution in [0.15, 0.2) is 48.5 Å². The molecule has 2 aliphatic rings. The number of nitrogens with two attached hydrogens (primary N) is 1. The van der Waals surface area contributed by atoms with Gasteiger partial charge in [-0.05, 0) is 80.2 Å². The van der Waals surface area contributed by atoms with E-state index in [0.29, 0.717) is 24.6 Å². The Morgan fingerprint density at radius 1 is 1.17 bits per heavy atom. The van der Waals surface area contributed by atoms with Crippen molar-refractivity contribution in [2.24, 2.45) is 17.6 Å². The molecule has 5 nitrogen and oxygen atoms in total. The number of rotatable bonds is 9. The van der Waals surface area contributed by atoms with Gasteiger partial charge in [0, 0.05) is 49.7 Å². The summed E-state index contributed by atoms with van der Waals surface area (Å²) in [4.78, 5) is 15.3. The summed E-state index contributed by atoms with van der Waals surface area (Å²) in [6.45, 7) is 2.01. The summed E-state index contributed by atoms with van der Waals surface area (Å²) < 4.78 is 5.27. The Kier molecular flexibility index (Phi) is 8.87. The molecule has 2 aromatic rings. The number of likely N-dealkylation sites (tertiary alicyclic amines) is 1. The average Bonchev–Trinajstić information content (AvgIpc) is 3.32. The van der Waals surface area contributed by atoms with Gasteiger partial charge in [-0.1, -0.05) is 48.0 Å².